The monoisotopic (exact) mass is 324 g/mol. The van der Waals surface area contributed by atoms with E-state index in [2.05, 4.69) is 21.6 Å². The SMILES string of the molecule is CCc1nnc(NC(C)c2ccc3c(c2)OCO3)c(C#N)c1CC. The third-order valence-corrected chi connectivity index (χ3v) is 4.21. The highest BCUT2D eigenvalue weighted by Gasteiger charge is 2.19. The quantitative estimate of drug-likeness (QED) is 0.908. The first-order valence-corrected chi connectivity index (χ1v) is 8.12. The molecule has 6 heteroatoms. The maximum atomic E-state index is 9.57. The first-order chi connectivity index (χ1) is 11.7. The van der Waals surface area contributed by atoms with Crippen molar-refractivity contribution in [1.82, 2.24) is 10.2 Å². The molecular formula is C18H20N4O2. The molecule has 0 saturated carbocycles. The third-order valence-electron chi connectivity index (χ3n) is 4.21. The van der Waals surface area contributed by atoms with Crippen molar-refractivity contribution >= 4 is 5.82 Å². The van der Waals surface area contributed by atoms with E-state index in [1.807, 2.05) is 39.0 Å². The zero-order valence-electron chi connectivity index (χ0n) is 14.1. The van der Waals surface area contributed by atoms with Gasteiger partial charge in [0.2, 0.25) is 6.79 Å². The van der Waals surface area contributed by atoms with Gasteiger partial charge in [0.15, 0.2) is 17.3 Å². The van der Waals surface area contributed by atoms with Gasteiger partial charge >= 0.3 is 0 Å². The number of aryl methyl sites for hydroxylation is 1. The van der Waals surface area contributed by atoms with Crippen LogP contribution in [0, 0.1) is 11.3 Å². The van der Waals surface area contributed by atoms with Crippen LogP contribution in [0.3, 0.4) is 0 Å². The Kier molecular flexibility index (Phi) is 4.52. The number of nitriles is 1. The molecule has 1 aliphatic rings. The Hall–Kier alpha value is -2.81. The summed E-state index contributed by atoms with van der Waals surface area (Å²) in [5, 5.41) is 21.4. The zero-order chi connectivity index (χ0) is 17.1. The molecule has 124 valence electrons. The van der Waals surface area contributed by atoms with E-state index in [0.717, 1.165) is 41.2 Å². The maximum Gasteiger partial charge on any atom is 0.231 e. The number of hydrogen-bond donors (Lipinski definition) is 1. The number of anilines is 1. The predicted octanol–water partition coefficient (Wildman–Crippen LogP) is 3.37. The molecule has 0 bridgehead atoms. The summed E-state index contributed by atoms with van der Waals surface area (Å²) < 4.78 is 10.8. The van der Waals surface area contributed by atoms with Crippen LogP contribution in [0.15, 0.2) is 18.2 Å². The molecule has 1 atom stereocenters. The molecule has 0 fully saturated rings. The van der Waals surface area contributed by atoms with Crippen molar-refractivity contribution in [2.24, 2.45) is 0 Å². The van der Waals surface area contributed by atoms with E-state index in [0.29, 0.717) is 11.4 Å². The van der Waals surface area contributed by atoms with Gasteiger partial charge in [-0.25, -0.2) is 0 Å². The molecule has 1 aliphatic heterocycles. The number of aromatic nitrogens is 2. The van der Waals surface area contributed by atoms with Crippen LogP contribution in [0.1, 0.15) is 49.2 Å². The van der Waals surface area contributed by atoms with Crippen LogP contribution in [0.4, 0.5) is 5.82 Å². The fourth-order valence-corrected chi connectivity index (χ4v) is 2.87. The Labute approximate surface area is 141 Å². The Balaban J connectivity index is 1.89. The van der Waals surface area contributed by atoms with E-state index in [-0.39, 0.29) is 12.8 Å². The lowest BCUT2D eigenvalue weighted by molar-refractivity contribution is 0.174. The molecule has 1 aromatic heterocycles. The van der Waals surface area contributed by atoms with Crippen molar-refractivity contribution in [3.05, 3.63) is 40.6 Å². The van der Waals surface area contributed by atoms with Gasteiger partial charge in [-0.2, -0.15) is 10.4 Å². The molecule has 0 spiro atoms. The third kappa shape index (κ3) is 2.85. The van der Waals surface area contributed by atoms with Gasteiger partial charge in [0.1, 0.15) is 11.6 Å². The largest absolute Gasteiger partial charge is 0.454 e. The second-order valence-corrected chi connectivity index (χ2v) is 5.65. The number of fused-ring (bicyclic) bond motifs is 1. The topological polar surface area (TPSA) is 80.1 Å². The summed E-state index contributed by atoms with van der Waals surface area (Å²) in [6.07, 6.45) is 1.53. The first-order valence-electron chi connectivity index (χ1n) is 8.12. The van der Waals surface area contributed by atoms with Gasteiger partial charge in [-0.3, -0.25) is 0 Å². The standard InChI is InChI=1S/C18H20N4O2/c1-4-13-14(9-19)18(22-21-15(13)5-2)20-11(3)12-6-7-16-17(8-12)24-10-23-16/h6-8,11H,4-5,10H2,1-3H3,(H,20,22). The molecule has 6 nitrogen and oxygen atoms in total. The van der Waals surface area contributed by atoms with Crippen LogP contribution >= 0.6 is 0 Å². The summed E-state index contributed by atoms with van der Waals surface area (Å²) in [5.41, 5.74) is 3.46. The number of nitrogens with one attached hydrogen (secondary N) is 1. The lowest BCUT2D eigenvalue weighted by Crippen LogP contribution is -2.13. The van der Waals surface area contributed by atoms with Crippen molar-refractivity contribution in [3.63, 3.8) is 0 Å². The second kappa shape index (κ2) is 6.75. The van der Waals surface area contributed by atoms with Gasteiger partial charge < -0.3 is 14.8 Å². The van der Waals surface area contributed by atoms with Gasteiger partial charge in [-0.1, -0.05) is 19.9 Å². The Morgan fingerprint density at radius 3 is 2.71 bits per heavy atom. The maximum absolute atomic E-state index is 9.57. The van der Waals surface area contributed by atoms with Gasteiger partial charge in [0, 0.05) is 0 Å². The molecule has 1 N–H and O–H groups in total. The highest BCUT2D eigenvalue weighted by atomic mass is 16.7. The van der Waals surface area contributed by atoms with Gasteiger partial charge in [-0.05, 0) is 43.0 Å². The molecule has 0 aliphatic carbocycles. The average Bonchev–Trinajstić information content (AvgIpc) is 3.08. The van der Waals surface area contributed by atoms with Crippen LogP contribution < -0.4 is 14.8 Å². The summed E-state index contributed by atoms with van der Waals surface area (Å²) in [6.45, 7) is 6.32. The summed E-state index contributed by atoms with van der Waals surface area (Å²) >= 11 is 0. The van der Waals surface area contributed by atoms with E-state index < -0.39 is 0 Å². The second-order valence-electron chi connectivity index (χ2n) is 5.65. The molecule has 24 heavy (non-hydrogen) atoms. The number of ether oxygens (including phenoxy) is 2. The van der Waals surface area contributed by atoms with Crippen LogP contribution in [0.5, 0.6) is 11.5 Å². The van der Waals surface area contributed by atoms with E-state index in [1.165, 1.54) is 0 Å². The average molecular weight is 324 g/mol. The molecule has 2 aromatic rings. The van der Waals surface area contributed by atoms with E-state index >= 15 is 0 Å². The summed E-state index contributed by atoms with van der Waals surface area (Å²) in [6, 6.07) is 8.05. The van der Waals surface area contributed by atoms with Crippen LogP contribution in [-0.2, 0) is 12.8 Å². The Morgan fingerprint density at radius 1 is 1.21 bits per heavy atom. The fraction of sp³-hybridized carbons (Fsp3) is 0.389. The van der Waals surface area contributed by atoms with Crippen molar-refractivity contribution in [3.8, 4) is 17.6 Å². The number of hydrogen-bond acceptors (Lipinski definition) is 6. The minimum atomic E-state index is -0.0434. The normalized spacial score (nSPS) is 13.4. The molecule has 3 rings (SSSR count). The fourth-order valence-electron chi connectivity index (χ4n) is 2.87. The van der Waals surface area contributed by atoms with Crippen LogP contribution in [-0.4, -0.2) is 17.0 Å². The Bertz CT molecular complexity index is 798. The minimum Gasteiger partial charge on any atom is -0.454 e. The minimum absolute atomic E-state index is 0.0434. The lowest BCUT2D eigenvalue weighted by atomic mass is 10.0. The van der Waals surface area contributed by atoms with Gasteiger partial charge in [-0.15, -0.1) is 5.10 Å². The molecule has 0 radical (unpaired) electrons. The molecule has 1 aromatic carbocycles. The molecule has 0 saturated heterocycles. The summed E-state index contributed by atoms with van der Waals surface area (Å²) in [7, 11) is 0. The van der Waals surface area contributed by atoms with E-state index in [9.17, 15) is 5.26 Å². The summed E-state index contributed by atoms with van der Waals surface area (Å²) in [5.74, 6) is 2.02. The highest BCUT2D eigenvalue weighted by molar-refractivity contribution is 5.57. The van der Waals surface area contributed by atoms with Crippen molar-refractivity contribution in [1.29, 1.82) is 5.26 Å². The molecule has 0 amide bonds. The van der Waals surface area contributed by atoms with Crippen LogP contribution in [0.2, 0.25) is 0 Å². The molecular weight excluding hydrogens is 304 g/mol. The predicted molar refractivity (Wildman–Crippen MR) is 90.1 cm³/mol. The number of nitrogens with zero attached hydrogens (tertiary/aromatic N) is 3. The van der Waals surface area contributed by atoms with Crippen molar-refractivity contribution in [2.75, 3.05) is 12.1 Å². The van der Waals surface area contributed by atoms with Crippen molar-refractivity contribution < 1.29 is 9.47 Å². The molecule has 2 heterocycles. The summed E-state index contributed by atoms with van der Waals surface area (Å²) in [4.78, 5) is 0. The highest BCUT2D eigenvalue weighted by Crippen LogP contribution is 2.35. The number of rotatable bonds is 5. The first kappa shape index (κ1) is 16.1. The van der Waals surface area contributed by atoms with Crippen LogP contribution in [0.25, 0.3) is 0 Å². The van der Waals surface area contributed by atoms with Crippen molar-refractivity contribution in [2.45, 2.75) is 39.7 Å². The molecule has 1 unspecified atom stereocenters. The zero-order valence-corrected chi connectivity index (χ0v) is 14.1. The van der Waals surface area contributed by atoms with E-state index in [4.69, 9.17) is 9.47 Å². The smallest absolute Gasteiger partial charge is 0.231 e. The lowest BCUT2D eigenvalue weighted by Gasteiger charge is -2.17. The van der Waals surface area contributed by atoms with Gasteiger partial charge in [0.05, 0.1) is 11.7 Å². The van der Waals surface area contributed by atoms with E-state index in [1.54, 1.807) is 0 Å². The number of benzene rings is 1. The van der Waals surface area contributed by atoms with Gasteiger partial charge in [0.25, 0.3) is 0 Å². The Morgan fingerprint density at radius 2 is 2.00 bits per heavy atom.